The number of ether oxygens (including phenoxy) is 2. The van der Waals surface area contributed by atoms with Gasteiger partial charge in [0.05, 0.1) is 17.8 Å². The van der Waals surface area contributed by atoms with E-state index >= 15 is 0 Å². The SMILES string of the molecule is CC(=O)c1ccc(Br)cc1OCC1CCC(C)O1. The minimum absolute atomic E-state index is 0.0122. The molecule has 98 valence electrons. The topological polar surface area (TPSA) is 35.5 Å². The first kappa shape index (κ1) is 13.6. The number of carbonyl (C=O) groups excluding carboxylic acids is 1. The number of rotatable bonds is 4. The largest absolute Gasteiger partial charge is 0.490 e. The Morgan fingerprint density at radius 1 is 1.50 bits per heavy atom. The van der Waals surface area contributed by atoms with Crippen LogP contribution < -0.4 is 4.74 Å². The summed E-state index contributed by atoms with van der Waals surface area (Å²) in [5.41, 5.74) is 0.615. The highest BCUT2D eigenvalue weighted by atomic mass is 79.9. The molecule has 2 unspecified atom stereocenters. The zero-order valence-corrected chi connectivity index (χ0v) is 12.2. The molecule has 2 rings (SSSR count). The van der Waals surface area contributed by atoms with E-state index in [9.17, 15) is 4.79 Å². The molecule has 1 fully saturated rings. The molecular formula is C14H17BrO3. The number of Topliss-reactive ketones (excluding diaryl/α,β-unsaturated/α-hetero) is 1. The molecule has 4 heteroatoms. The van der Waals surface area contributed by atoms with E-state index in [0.29, 0.717) is 24.0 Å². The van der Waals surface area contributed by atoms with Crippen LogP contribution in [0.3, 0.4) is 0 Å². The molecule has 0 aromatic heterocycles. The van der Waals surface area contributed by atoms with Crippen LogP contribution in [-0.4, -0.2) is 24.6 Å². The first-order valence-electron chi connectivity index (χ1n) is 6.15. The van der Waals surface area contributed by atoms with Crippen molar-refractivity contribution in [2.75, 3.05) is 6.61 Å². The molecule has 0 bridgehead atoms. The first-order chi connectivity index (χ1) is 8.56. The molecule has 0 spiro atoms. The fraction of sp³-hybridized carbons (Fsp3) is 0.500. The molecule has 0 radical (unpaired) electrons. The predicted molar refractivity (Wildman–Crippen MR) is 73.2 cm³/mol. The number of hydrogen-bond donors (Lipinski definition) is 0. The van der Waals surface area contributed by atoms with E-state index in [1.165, 1.54) is 0 Å². The second-order valence-electron chi connectivity index (χ2n) is 4.65. The molecule has 0 amide bonds. The van der Waals surface area contributed by atoms with Gasteiger partial charge in [-0.25, -0.2) is 0 Å². The average Bonchev–Trinajstić information content (AvgIpc) is 2.72. The van der Waals surface area contributed by atoms with Gasteiger partial charge >= 0.3 is 0 Å². The monoisotopic (exact) mass is 312 g/mol. The maximum absolute atomic E-state index is 11.5. The van der Waals surface area contributed by atoms with Gasteiger partial charge in [-0.2, -0.15) is 0 Å². The zero-order chi connectivity index (χ0) is 13.1. The van der Waals surface area contributed by atoms with Gasteiger partial charge in [0, 0.05) is 4.47 Å². The normalized spacial score (nSPS) is 23.1. The Balaban J connectivity index is 2.04. The van der Waals surface area contributed by atoms with Crippen LogP contribution in [0.25, 0.3) is 0 Å². The van der Waals surface area contributed by atoms with Crippen LogP contribution in [0.4, 0.5) is 0 Å². The van der Waals surface area contributed by atoms with Crippen LogP contribution in [0.1, 0.15) is 37.0 Å². The van der Waals surface area contributed by atoms with Crippen molar-refractivity contribution in [2.24, 2.45) is 0 Å². The lowest BCUT2D eigenvalue weighted by molar-refractivity contribution is 0.0262. The summed E-state index contributed by atoms with van der Waals surface area (Å²) < 4.78 is 12.3. The second-order valence-corrected chi connectivity index (χ2v) is 5.57. The summed E-state index contributed by atoms with van der Waals surface area (Å²) in [6.07, 6.45) is 2.54. The molecule has 0 saturated carbocycles. The smallest absolute Gasteiger partial charge is 0.163 e. The molecule has 2 atom stereocenters. The number of carbonyl (C=O) groups is 1. The number of ketones is 1. The van der Waals surface area contributed by atoms with Gasteiger partial charge in [0.1, 0.15) is 12.4 Å². The lowest BCUT2D eigenvalue weighted by Crippen LogP contribution is -2.18. The van der Waals surface area contributed by atoms with Crippen molar-refractivity contribution in [3.05, 3.63) is 28.2 Å². The van der Waals surface area contributed by atoms with Gasteiger partial charge in [-0.05, 0) is 44.9 Å². The van der Waals surface area contributed by atoms with Crippen molar-refractivity contribution in [2.45, 2.75) is 38.9 Å². The maximum atomic E-state index is 11.5. The summed E-state index contributed by atoms with van der Waals surface area (Å²) in [6.45, 7) is 4.12. The molecule has 0 aliphatic carbocycles. The molecule has 1 aromatic rings. The lowest BCUT2D eigenvalue weighted by Gasteiger charge is -2.14. The Hall–Kier alpha value is -0.870. The standard InChI is InChI=1S/C14H17BrO3/c1-9-3-5-12(18-9)8-17-14-7-11(15)4-6-13(14)10(2)16/h4,6-7,9,12H,3,5,8H2,1-2H3. The summed E-state index contributed by atoms with van der Waals surface area (Å²) in [5.74, 6) is 0.637. The van der Waals surface area contributed by atoms with E-state index in [1.54, 1.807) is 13.0 Å². The third-order valence-corrected chi connectivity index (χ3v) is 3.56. The third-order valence-electron chi connectivity index (χ3n) is 3.07. The molecule has 1 aliphatic heterocycles. The highest BCUT2D eigenvalue weighted by Gasteiger charge is 2.22. The van der Waals surface area contributed by atoms with Crippen molar-refractivity contribution in [3.63, 3.8) is 0 Å². The highest BCUT2D eigenvalue weighted by Crippen LogP contribution is 2.26. The van der Waals surface area contributed by atoms with E-state index in [4.69, 9.17) is 9.47 Å². The van der Waals surface area contributed by atoms with Crippen molar-refractivity contribution >= 4 is 21.7 Å². The van der Waals surface area contributed by atoms with Gasteiger partial charge in [0.2, 0.25) is 0 Å². The fourth-order valence-corrected chi connectivity index (χ4v) is 2.44. The predicted octanol–water partition coefficient (Wildman–Crippen LogP) is 3.60. The van der Waals surface area contributed by atoms with Gasteiger partial charge in [0.15, 0.2) is 5.78 Å². The first-order valence-corrected chi connectivity index (χ1v) is 6.94. The van der Waals surface area contributed by atoms with E-state index < -0.39 is 0 Å². The molecule has 0 N–H and O–H groups in total. The van der Waals surface area contributed by atoms with Crippen molar-refractivity contribution in [1.29, 1.82) is 0 Å². The van der Waals surface area contributed by atoms with Crippen LogP contribution in [0, 0.1) is 0 Å². The van der Waals surface area contributed by atoms with Crippen LogP contribution in [0.2, 0.25) is 0 Å². The summed E-state index contributed by atoms with van der Waals surface area (Å²) >= 11 is 3.39. The average molecular weight is 313 g/mol. The minimum atomic E-state index is 0.0122. The van der Waals surface area contributed by atoms with Gasteiger partial charge in [-0.3, -0.25) is 4.79 Å². The van der Waals surface area contributed by atoms with E-state index in [2.05, 4.69) is 22.9 Å². The Bertz CT molecular complexity index is 445. The fourth-order valence-electron chi connectivity index (χ4n) is 2.10. The summed E-state index contributed by atoms with van der Waals surface area (Å²) in [4.78, 5) is 11.5. The summed E-state index contributed by atoms with van der Waals surface area (Å²) in [5, 5.41) is 0. The quantitative estimate of drug-likeness (QED) is 0.797. The molecular weight excluding hydrogens is 296 g/mol. The Labute approximate surface area is 116 Å². The molecule has 1 heterocycles. The van der Waals surface area contributed by atoms with Gasteiger partial charge < -0.3 is 9.47 Å². The highest BCUT2D eigenvalue weighted by molar-refractivity contribution is 9.10. The number of halogens is 1. The van der Waals surface area contributed by atoms with Crippen LogP contribution in [0.5, 0.6) is 5.75 Å². The third kappa shape index (κ3) is 3.33. The van der Waals surface area contributed by atoms with Crippen molar-refractivity contribution < 1.29 is 14.3 Å². The second kappa shape index (κ2) is 5.85. The number of hydrogen-bond acceptors (Lipinski definition) is 3. The van der Waals surface area contributed by atoms with E-state index in [0.717, 1.165) is 17.3 Å². The van der Waals surface area contributed by atoms with E-state index in [-0.39, 0.29) is 11.9 Å². The molecule has 18 heavy (non-hydrogen) atoms. The minimum Gasteiger partial charge on any atom is -0.490 e. The lowest BCUT2D eigenvalue weighted by atomic mass is 10.1. The maximum Gasteiger partial charge on any atom is 0.163 e. The Kier molecular flexibility index (Phi) is 4.40. The zero-order valence-electron chi connectivity index (χ0n) is 10.6. The molecule has 1 aromatic carbocycles. The Morgan fingerprint density at radius 2 is 2.28 bits per heavy atom. The number of benzene rings is 1. The van der Waals surface area contributed by atoms with Crippen molar-refractivity contribution in [1.82, 2.24) is 0 Å². The Morgan fingerprint density at radius 3 is 2.89 bits per heavy atom. The summed E-state index contributed by atoms with van der Waals surface area (Å²) in [6, 6.07) is 5.45. The molecule has 1 aliphatic rings. The molecule has 1 saturated heterocycles. The van der Waals surface area contributed by atoms with Gasteiger partial charge in [-0.15, -0.1) is 0 Å². The van der Waals surface area contributed by atoms with E-state index in [1.807, 2.05) is 12.1 Å². The van der Waals surface area contributed by atoms with Crippen LogP contribution >= 0.6 is 15.9 Å². The summed E-state index contributed by atoms with van der Waals surface area (Å²) in [7, 11) is 0. The van der Waals surface area contributed by atoms with Gasteiger partial charge in [-0.1, -0.05) is 15.9 Å². The van der Waals surface area contributed by atoms with Gasteiger partial charge in [0.25, 0.3) is 0 Å². The van der Waals surface area contributed by atoms with Crippen molar-refractivity contribution in [3.8, 4) is 5.75 Å². The van der Waals surface area contributed by atoms with Crippen LogP contribution in [-0.2, 0) is 4.74 Å². The molecule has 3 nitrogen and oxygen atoms in total. The van der Waals surface area contributed by atoms with Crippen LogP contribution in [0.15, 0.2) is 22.7 Å².